The lowest BCUT2D eigenvalue weighted by atomic mass is 10.1. The Labute approximate surface area is 161 Å². The molecule has 0 saturated heterocycles. The van der Waals surface area contributed by atoms with Crippen molar-refractivity contribution < 1.29 is 4.79 Å². The number of hydrogen-bond donors (Lipinski definition) is 1. The van der Waals surface area contributed by atoms with E-state index in [1.54, 1.807) is 11.3 Å². The lowest BCUT2D eigenvalue weighted by Crippen LogP contribution is -2.27. The van der Waals surface area contributed by atoms with E-state index in [1.165, 1.54) is 39.6 Å². The van der Waals surface area contributed by atoms with E-state index >= 15 is 0 Å². The van der Waals surface area contributed by atoms with Gasteiger partial charge in [0.2, 0.25) is 5.91 Å². The van der Waals surface area contributed by atoms with Gasteiger partial charge < -0.3 is 5.32 Å². The van der Waals surface area contributed by atoms with Crippen molar-refractivity contribution in [3.8, 4) is 0 Å². The van der Waals surface area contributed by atoms with Crippen molar-refractivity contribution in [2.24, 2.45) is 0 Å². The second-order valence-corrected chi connectivity index (χ2v) is 8.54. The van der Waals surface area contributed by atoms with E-state index in [2.05, 4.69) is 27.4 Å². The van der Waals surface area contributed by atoms with Crippen molar-refractivity contribution in [3.63, 3.8) is 0 Å². The van der Waals surface area contributed by atoms with E-state index in [9.17, 15) is 4.79 Å². The number of benzene rings is 1. The molecule has 2 heterocycles. The summed E-state index contributed by atoms with van der Waals surface area (Å²) < 4.78 is 0. The molecule has 1 amide bonds. The van der Waals surface area contributed by atoms with E-state index in [0.29, 0.717) is 12.3 Å². The van der Waals surface area contributed by atoms with Gasteiger partial charge in [0.1, 0.15) is 15.7 Å². The maximum Gasteiger partial charge on any atom is 0.230 e. The zero-order valence-electron chi connectivity index (χ0n) is 14.7. The minimum absolute atomic E-state index is 0.0576. The van der Waals surface area contributed by atoms with Gasteiger partial charge in [-0.15, -0.1) is 11.3 Å². The predicted octanol–water partition coefficient (Wildman–Crippen LogP) is 3.94. The van der Waals surface area contributed by atoms with E-state index in [1.807, 2.05) is 25.1 Å². The number of carbonyl (C=O) groups is 1. The zero-order chi connectivity index (χ0) is 17.9. The van der Waals surface area contributed by atoms with Crippen LogP contribution in [0.4, 0.5) is 0 Å². The molecule has 2 aromatic heterocycles. The highest BCUT2D eigenvalue weighted by Gasteiger charge is 2.22. The second-order valence-electron chi connectivity index (χ2n) is 6.49. The first-order valence-corrected chi connectivity index (χ1v) is 10.7. The van der Waals surface area contributed by atoms with Crippen LogP contribution in [0.3, 0.4) is 0 Å². The molecule has 4 rings (SSSR count). The summed E-state index contributed by atoms with van der Waals surface area (Å²) in [6, 6.07) is 10.2. The second kappa shape index (κ2) is 7.76. The highest BCUT2D eigenvalue weighted by atomic mass is 32.2. The van der Waals surface area contributed by atoms with Crippen LogP contribution in [0.25, 0.3) is 10.2 Å². The molecule has 0 saturated carbocycles. The maximum absolute atomic E-state index is 12.2. The monoisotopic (exact) mass is 383 g/mol. The quantitative estimate of drug-likeness (QED) is 0.517. The largest absolute Gasteiger partial charge is 0.355 e. The first-order valence-electron chi connectivity index (χ1n) is 8.93. The SMILES string of the molecule is Cc1nc(SCC(=O)NCCc2ccccc2)c2c3c(sc2n1)CCC3. The van der Waals surface area contributed by atoms with E-state index in [-0.39, 0.29) is 5.91 Å². The lowest BCUT2D eigenvalue weighted by Gasteiger charge is -2.07. The van der Waals surface area contributed by atoms with Gasteiger partial charge in [-0.2, -0.15) is 0 Å². The first-order chi connectivity index (χ1) is 12.7. The third-order valence-corrected chi connectivity index (χ3v) is 6.72. The number of nitrogens with one attached hydrogen (secondary N) is 1. The first kappa shape index (κ1) is 17.5. The Morgan fingerprint density at radius 2 is 2.08 bits per heavy atom. The Kier molecular flexibility index (Phi) is 5.22. The van der Waals surface area contributed by atoms with E-state index in [4.69, 9.17) is 0 Å². The molecule has 0 spiro atoms. The average molecular weight is 384 g/mol. The molecule has 1 N–H and O–H groups in total. The molecule has 4 nitrogen and oxygen atoms in total. The molecular formula is C20H21N3OS2. The Balaban J connectivity index is 1.39. The summed E-state index contributed by atoms with van der Waals surface area (Å²) in [5.41, 5.74) is 2.65. The molecule has 134 valence electrons. The smallest absolute Gasteiger partial charge is 0.230 e. The van der Waals surface area contributed by atoms with Crippen molar-refractivity contribution in [3.05, 3.63) is 52.2 Å². The van der Waals surface area contributed by atoms with Crippen LogP contribution in [-0.4, -0.2) is 28.2 Å². The topological polar surface area (TPSA) is 54.9 Å². The highest BCUT2D eigenvalue weighted by molar-refractivity contribution is 8.00. The third kappa shape index (κ3) is 3.76. The van der Waals surface area contributed by atoms with Crippen LogP contribution < -0.4 is 5.32 Å². The van der Waals surface area contributed by atoms with Crippen LogP contribution in [0.15, 0.2) is 35.4 Å². The molecule has 26 heavy (non-hydrogen) atoms. The van der Waals surface area contributed by atoms with Gasteiger partial charge >= 0.3 is 0 Å². The minimum atomic E-state index is 0.0576. The number of rotatable bonds is 6. The van der Waals surface area contributed by atoms with Gasteiger partial charge in [0.25, 0.3) is 0 Å². The van der Waals surface area contributed by atoms with Crippen LogP contribution in [0.2, 0.25) is 0 Å². The fourth-order valence-electron chi connectivity index (χ4n) is 3.34. The standard InChI is InChI=1S/C20H21N3OS2/c1-13-22-19(18-15-8-5-9-16(15)26-20(18)23-13)25-12-17(24)21-11-10-14-6-3-2-4-7-14/h2-4,6-7H,5,8-12H2,1H3,(H,21,24). The summed E-state index contributed by atoms with van der Waals surface area (Å²) >= 11 is 3.33. The molecule has 3 aromatic rings. The van der Waals surface area contributed by atoms with Crippen molar-refractivity contribution in [1.29, 1.82) is 0 Å². The molecule has 0 fully saturated rings. The molecule has 0 bridgehead atoms. The average Bonchev–Trinajstić information content (AvgIpc) is 3.21. The Morgan fingerprint density at radius 1 is 1.23 bits per heavy atom. The number of nitrogens with zero attached hydrogens (tertiary/aromatic N) is 2. The summed E-state index contributed by atoms with van der Waals surface area (Å²) in [5.74, 6) is 1.23. The molecular weight excluding hydrogens is 362 g/mol. The lowest BCUT2D eigenvalue weighted by molar-refractivity contribution is -0.118. The fraction of sp³-hybridized carbons (Fsp3) is 0.350. The summed E-state index contributed by atoms with van der Waals surface area (Å²) in [5, 5.41) is 5.16. The van der Waals surface area contributed by atoms with Crippen LogP contribution in [0.1, 0.15) is 28.2 Å². The van der Waals surface area contributed by atoms with Crippen LogP contribution >= 0.6 is 23.1 Å². The van der Waals surface area contributed by atoms with Gasteiger partial charge in [0.15, 0.2) is 0 Å². The van der Waals surface area contributed by atoms with Gasteiger partial charge in [-0.25, -0.2) is 9.97 Å². The number of carbonyl (C=O) groups excluding carboxylic acids is 1. The summed E-state index contributed by atoms with van der Waals surface area (Å²) in [7, 11) is 0. The Morgan fingerprint density at radius 3 is 2.92 bits per heavy atom. The number of aryl methyl sites for hydroxylation is 3. The van der Waals surface area contributed by atoms with Crippen molar-refractivity contribution in [2.75, 3.05) is 12.3 Å². The summed E-state index contributed by atoms with van der Waals surface area (Å²) in [4.78, 5) is 24.0. The van der Waals surface area contributed by atoms with Crippen LogP contribution in [-0.2, 0) is 24.1 Å². The van der Waals surface area contributed by atoms with Crippen molar-refractivity contribution >= 4 is 39.2 Å². The highest BCUT2D eigenvalue weighted by Crippen LogP contribution is 2.40. The van der Waals surface area contributed by atoms with Crippen molar-refractivity contribution in [1.82, 2.24) is 15.3 Å². The predicted molar refractivity (Wildman–Crippen MR) is 108 cm³/mol. The fourth-order valence-corrected chi connectivity index (χ4v) is 5.65. The number of thiophene rings is 1. The number of thioether (sulfide) groups is 1. The minimum Gasteiger partial charge on any atom is -0.355 e. The number of fused-ring (bicyclic) bond motifs is 3. The van der Waals surface area contributed by atoms with Gasteiger partial charge in [0, 0.05) is 16.8 Å². The van der Waals surface area contributed by atoms with Gasteiger partial charge in [-0.05, 0) is 43.7 Å². The van der Waals surface area contributed by atoms with E-state index in [0.717, 1.165) is 34.9 Å². The molecule has 1 aromatic carbocycles. The molecule has 1 aliphatic rings. The summed E-state index contributed by atoms with van der Waals surface area (Å²) in [6.07, 6.45) is 4.33. The molecule has 0 aliphatic heterocycles. The third-order valence-electron chi connectivity index (χ3n) is 4.56. The number of amides is 1. The van der Waals surface area contributed by atoms with Crippen LogP contribution in [0, 0.1) is 6.92 Å². The molecule has 6 heteroatoms. The maximum atomic E-state index is 12.2. The van der Waals surface area contributed by atoms with Gasteiger partial charge in [-0.3, -0.25) is 4.79 Å². The van der Waals surface area contributed by atoms with E-state index < -0.39 is 0 Å². The molecule has 0 atom stereocenters. The normalized spacial score (nSPS) is 13.1. The van der Waals surface area contributed by atoms with Gasteiger partial charge in [-0.1, -0.05) is 42.1 Å². The Hall–Kier alpha value is -1.92. The molecule has 1 aliphatic carbocycles. The van der Waals surface area contributed by atoms with Crippen molar-refractivity contribution in [2.45, 2.75) is 37.6 Å². The van der Waals surface area contributed by atoms with Crippen LogP contribution in [0.5, 0.6) is 0 Å². The summed E-state index contributed by atoms with van der Waals surface area (Å²) in [6.45, 7) is 2.59. The Bertz CT molecular complexity index is 937. The zero-order valence-corrected chi connectivity index (χ0v) is 16.4. The molecule has 0 radical (unpaired) electrons. The van der Waals surface area contributed by atoms with Gasteiger partial charge in [0.05, 0.1) is 5.75 Å². The molecule has 0 unspecified atom stereocenters. The number of hydrogen-bond acceptors (Lipinski definition) is 5. The number of aromatic nitrogens is 2.